The minimum absolute atomic E-state index is 0.0168. The lowest BCUT2D eigenvalue weighted by Crippen LogP contribution is -1.92. The fourth-order valence-electron chi connectivity index (χ4n) is 5.31. The molecule has 0 fully saturated rings. The van der Waals surface area contributed by atoms with Crippen LogP contribution in [0.5, 0.6) is 0 Å². The average molecular weight is 532 g/mol. The van der Waals surface area contributed by atoms with Gasteiger partial charge in [-0.05, 0) is 94.1 Å². The molecule has 0 radical (unpaired) electrons. The van der Waals surface area contributed by atoms with E-state index in [1.54, 1.807) is 6.92 Å². The van der Waals surface area contributed by atoms with E-state index in [1.807, 2.05) is 0 Å². The maximum Gasteiger partial charge on any atom is 0.0636 e. The van der Waals surface area contributed by atoms with Crippen molar-refractivity contribution in [3.63, 3.8) is 0 Å². The van der Waals surface area contributed by atoms with Crippen molar-refractivity contribution in [1.29, 1.82) is 0 Å². The van der Waals surface area contributed by atoms with E-state index < -0.39 is 194 Å². The van der Waals surface area contributed by atoms with Crippen molar-refractivity contribution in [2.24, 2.45) is 0 Å². The Morgan fingerprint density at radius 1 is 0.425 bits per heavy atom. The summed E-state index contributed by atoms with van der Waals surface area (Å²) in [6, 6.07) is -18.8. The second-order valence-electron chi connectivity index (χ2n) is 8.96. The van der Waals surface area contributed by atoms with Crippen LogP contribution in [0.2, 0.25) is 0 Å². The first kappa shape index (κ1) is 9.61. The predicted molar refractivity (Wildman–Crippen MR) is 174 cm³/mol. The number of hydrogen-bond donors (Lipinski definition) is 0. The minimum Gasteiger partial charge on any atom is -0.0622 e. The molecule has 0 aliphatic heterocycles. The summed E-state index contributed by atoms with van der Waals surface area (Å²) in [7, 11) is 0. The Morgan fingerprint density at radius 3 is 1.65 bits per heavy atom. The summed E-state index contributed by atoms with van der Waals surface area (Å²) in [5.41, 5.74) is -2.46. The molecule has 0 nitrogen and oxygen atoms in total. The van der Waals surface area contributed by atoms with Gasteiger partial charge in [-0.2, -0.15) is 0 Å². The molecule has 0 saturated heterocycles. The maximum atomic E-state index is 9.57. The molecule has 0 heteroatoms. The standard InChI is InChI=1S/C40H28/c1-2-28-29-16-7-6-15-27(29)25-38-30-21-12-22-33(32(30)24-23-31(28)38)40-36-19-10-8-17-34(36)39(26-13-4-3-5-14-26)35-18-9-11-20-37(35)40/h3-25H,2H2,1H3/i3D,4D,5D,6D,7D,8D,9D,10D,11D,12D,13D,14D,15D,16D,17D,18D,19D,20D,21D,22D,23D,24D,25D. The molecule has 0 heterocycles. The van der Waals surface area contributed by atoms with Crippen LogP contribution in [0.3, 0.4) is 0 Å². The second-order valence-corrected chi connectivity index (χ2v) is 8.96. The van der Waals surface area contributed by atoms with Gasteiger partial charge in [0.15, 0.2) is 0 Å². The van der Waals surface area contributed by atoms with E-state index in [1.165, 1.54) is 0 Å². The van der Waals surface area contributed by atoms with Gasteiger partial charge in [0.1, 0.15) is 0 Å². The highest BCUT2D eigenvalue weighted by molar-refractivity contribution is 6.25. The van der Waals surface area contributed by atoms with Crippen molar-refractivity contribution < 1.29 is 31.5 Å². The maximum absolute atomic E-state index is 9.57. The zero-order valence-corrected chi connectivity index (χ0v) is 20.7. The molecule has 0 N–H and O–H groups in total. The molecular formula is C40H28. The van der Waals surface area contributed by atoms with Crippen LogP contribution in [0.4, 0.5) is 0 Å². The Hall–Kier alpha value is -4.94. The van der Waals surface area contributed by atoms with Crippen LogP contribution in [-0.2, 0) is 6.42 Å². The normalized spacial score (nSPS) is 19.8. The van der Waals surface area contributed by atoms with Gasteiger partial charge in [-0.15, -0.1) is 0 Å². The molecule has 8 aromatic carbocycles. The van der Waals surface area contributed by atoms with Crippen molar-refractivity contribution in [1.82, 2.24) is 0 Å². The first-order chi connectivity index (χ1) is 29.4. The molecule has 0 aliphatic rings. The van der Waals surface area contributed by atoms with E-state index >= 15 is 0 Å². The molecule has 0 aliphatic carbocycles. The summed E-state index contributed by atoms with van der Waals surface area (Å²) in [5.74, 6) is 0. The Labute approximate surface area is 266 Å². The van der Waals surface area contributed by atoms with Gasteiger partial charge < -0.3 is 0 Å². The zero-order chi connectivity index (χ0) is 46.6. The third kappa shape index (κ3) is 3.33. The largest absolute Gasteiger partial charge is 0.0636 e. The number of aryl methyl sites for hydroxylation is 1. The fourth-order valence-corrected chi connectivity index (χ4v) is 5.31. The molecule has 0 aromatic heterocycles. The number of fused-ring (bicyclic) bond motifs is 6. The Balaban J connectivity index is 1.81. The third-order valence-electron chi connectivity index (χ3n) is 6.96. The molecule has 0 bridgehead atoms. The first-order valence-corrected chi connectivity index (χ1v) is 12.3. The monoisotopic (exact) mass is 531 g/mol. The smallest absolute Gasteiger partial charge is 0.0622 e. The molecule has 0 unspecified atom stereocenters. The molecule has 188 valence electrons. The van der Waals surface area contributed by atoms with E-state index in [0.29, 0.717) is 0 Å². The lowest BCUT2D eigenvalue weighted by Gasteiger charge is -2.19. The average Bonchev–Trinajstić information content (AvgIpc) is 3.26. The molecule has 8 rings (SSSR count). The third-order valence-corrected chi connectivity index (χ3v) is 6.96. The topological polar surface area (TPSA) is 0 Å². The molecule has 0 atom stereocenters. The summed E-state index contributed by atoms with van der Waals surface area (Å²) < 4.78 is 206. The van der Waals surface area contributed by atoms with E-state index in [-0.39, 0.29) is 33.5 Å². The summed E-state index contributed by atoms with van der Waals surface area (Å²) in [6.45, 7) is 1.61. The summed E-state index contributed by atoms with van der Waals surface area (Å²) >= 11 is 0. The lowest BCUT2D eigenvalue weighted by atomic mass is 9.84. The molecule has 0 spiro atoms. The van der Waals surface area contributed by atoms with E-state index in [9.17, 15) is 13.7 Å². The van der Waals surface area contributed by atoms with Crippen molar-refractivity contribution >= 4 is 53.9 Å². The Bertz CT molecular complexity index is 3410. The highest BCUT2D eigenvalue weighted by Gasteiger charge is 2.18. The van der Waals surface area contributed by atoms with Crippen molar-refractivity contribution in [3.05, 3.63) is 145 Å². The van der Waals surface area contributed by atoms with Crippen molar-refractivity contribution in [2.45, 2.75) is 13.3 Å². The Morgan fingerprint density at radius 2 is 0.975 bits per heavy atom. The van der Waals surface area contributed by atoms with Crippen LogP contribution < -0.4 is 0 Å². The summed E-state index contributed by atoms with van der Waals surface area (Å²) in [6.07, 6.45) is -0.0168. The van der Waals surface area contributed by atoms with Crippen LogP contribution in [0, 0.1) is 0 Å². The molecule has 8 aromatic rings. The molecular weight excluding hydrogens is 480 g/mol. The van der Waals surface area contributed by atoms with Gasteiger partial charge in [0.2, 0.25) is 0 Å². The quantitative estimate of drug-likeness (QED) is 0.157. The van der Waals surface area contributed by atoms with Gasteiger partial charge in [0.05, 0.1) is 31.5 Å². The SMILES string of the molecule is [2H]c1c([2H])c([2H])c(-c2c3c([2H])c([2H])c([2H])c([2H])c3c(-c3c([2H])c([2H])c([2H])c4c3c([2H])c([2H])c3c(CC)c5c([2H])c([2H])c([2H])c([2H])c5c([2H])c34)c3c([2H])c([2H])c([2H])c([2H])c23)c([2H])c1[2H]. The molecule has 0 amide bonds. The van der Waals surface area contributed by atoms with Gasteiger partial charge in [-0.25, -0.2) is 0 Å². The molecule has 0 saturated carbocycles. The summed E-state index contributed by atoms with van der Waals surface area (Å²) in [4.78, 5) is 0. The van der Waals surface area contributed by atoms with Crippen LogP contribution in [-0.4, -0.2) is 0 Å². The van der Waals surface area contributed by atoms with Crippen molar-refractivity contribution in [3.8, 4) is 22.3 Å². The van der Waals surface area contributed by atoms with Crippen LogP contribution in [0.25, 0.3) is 76.1 Å². The van der Waals surface area contributed by atoms with Gasteiger partial charge in [-0.3, -0.25) is 0 Å². The van der Waals surface area contributed by atoms with E-state index in [4.69, 9.17) is 17.8 Å². The minimum atomic E-state index is -0.917. The number of benzene rings is 8. The van der Waals surface area contributed by atoms with Gasteiger partial charge in [0.25, 0.3) is 0 Å². The van der Waals surface area contributed by atoms with Crippen LogP contribution >= 0.6 is 0 Å². The predicted octanol–water partition coefficient (Wildman–Crippen LogP) is 11.3. The van der Waals surface area contributed by atoms with Crippen LogP contribution in [0.15, 0.2) is 139 Å². The first-order valence-electron chi connectivity index (χ1n) is 23.8. The summed E-state index contributed by atoms with van der Waals surface area (Å²) in [5, 5.41) is -4.45. The highest BCUT2D eigenvalue weighted by atomic mass is 14.2. The fraction of sp³-hybridized carbons (Fsp3) is 0.0500. The van der Waals surface area contributed by atoms with E-state index in [0.717, 1.165) is 0 Å². The van der Waals surface area contributed by atoms with Crippen molar-refractivity contribution in [2.75, 3.05) is 0 Å². The van der Waals surface area contributed by atoms with Gasteiger partial charge >= 0.3 is 0 Å². The Kier molecular flexibility index (Phi) is 2.18. The van der Waals surface area contributed by atoms with Gasteiger partial charge in [-0.1, -0.05) is 140 Å². The number of rotatable bonds is 3. The highest BCUT2D eigenvalue weighted by Crippen LogP contribution is 2.46. The lowest BCUT2D eigenvalue weighted by molar-refractivity contribution is 1.18. The van der Waals surface area contributed by atoms with Crippen LogP contribution in [0.1, 0.15) is 44.0 Å². The molecule has 40 heavy (non-hydrogen) atoms. The van der Waals surface area contributed by atoms with Gasteiger partial charge in [0, 0.05) is 0 Å². The number of hydrogen-bond acceptors (Lipinski definition) is 0. The second kappa shape index (κ2) is 9.07. The zero-order valence-electron chi connectivity index (χ0n) is 43.7. The van der Waals surface area contributed by atoms with E-state index in [2.05, 4.69) is 0 Å².